The van der Waals surface area contributed by atoms with E-state index in [0.29, 0.717) is 10.6 Å². The summed E-state index contributed by atoms with van der Waals surface area (Å²) in [5, 5.41) is 3.97. The van der Waals surface area contributed by atoms with Gasteiger partial charge < -0.3 is 5.32 Å². The molecule has 1 N–H and O–H groups in total. The average molecular weight is 371 g/mol. The van der Waals surface area contributed by atoms with Crippen LogP contribution in [0, 0.1) is 5.82 Å². The fraction of sp³-hybridized carbons (Fsp3) is 0.294. The van der Waals surface area contributed by atoms with E-state index in [2.05, 4.69) is 34.2 Å². The van der Waals surface area contributed by atoms with Crippen molar-refractivity contribution in [3.05, 3.63) is 68.9 Å². The van der Waals surface area contributed by atoms with Gasteiger partial charge in [-0.1, -0.05) is 46.6 Å². The maximum absolute atomic E-state index is 14.1. The van der Waals surface area contributed by atoms with Crippen LogP contribution in [0.3, 0.4) is 0 Å². The highest BCUT2D eigenvalue weighted by atomic mass is 79.9. The number of rotatable bonds is 6. The van der Waals surface area contributed by atoms with Gasteiger partial charge in [-0.3, -0.25) is 0 Å². The molecule has 0 radical (unpaired) electrons. The van der Waals surface area contributed by atoms with E-state index in [9.17, 15) is 4.39 Å². The minimum Gasteiger partial charge on any atom is -0.310 e. The number of halogens is 3. The maximum atomic E-state index is 14.1. The lowest BCUT2D eigenvalue weighted by Crippen LogP contribution is -2.25. The van der Waals surface area contributed by atoms with Gasteiger partial charge in [0.1, 0.15) is 5.82 Å². The SMILES string of the molecule is CCCNC(Cc1cccc(Br)c1)c1cc(Cl)ccc1F. The van der Waals surface area contributed by atoms with Crippen molar-refractivity contribution >= 4 is 27.5 Å². The highest BCUT2D eigenvalue weighted by Crippen LogP contribution is 2.25. The van der Waals surface area contributed by atoms with Crippen molar-refractivity contribution in [2.45, 2.75) is 25.8 Å². The summed E-state index contributed by atoms with van der Waals surface area (Å²) in [6, 6.07) is 12.7. The van der Waals surface area contributed by atoms with E-state index in [1.807, 2.05) is 18.2 Å². The molecule has 0 aliphatic rings. The highest BCUT2D eigenvalue weighted by Gasteiger charge is 2.16. The van der Waals surface area contributed by atoms with Crippen LogP contribution in [0.1, 0.15) is 30.5 Å². The Morgan fingerprint density at radius 2 is 2.05 bits per heavy atom. The van der Waals surface area contributed by atoms with Crippen molar-refractivity contribution in [1.82, 2.24) is 5.32 Å². The van der Waals surface area contributed by atoms with Gasteiger partial charge in [-0.05, 0) is 55.3 Å². The van der Waals surface area contributed by atoms with Crippen LogP contribution in [0.2, 0.25) is 5.02 Å². The standard InChI is InChI=1S/C17H18BrClFN/c1-2-8-21-17(10-12-4-3-5-13(18)9-12)15-11-14(19)6-7-16(15)20/h3-7,9,11,17,21H,2,8,10H2,1H3. The Morgan fingerprint density at radius 1 is 1.24 bits per heavy atom. The van der Waals surface area contributed by atoms with E-state index in [0.717, 1.165) is 29.4 Å². The lowest BCUT2D eigenvalue weighted by Gasteiger charge is -2.20. The largest absolute Gasteiger partial charge is 0.310 e. The average Bonchev–Trinajstić information content (AvgIpc) is 2.46. The Morgan fingerprint density at radius 3 is 2.76 bits per heavy atom. The predicted molar refractivity (Wildman–Crippen MR) is 90.3 cm³/mol. The molecule has 1 atom stereocenters. The Balaban J connectivity index is 2.27. The summed E-state index contributed by atoms with van der Waals surface area (Å²) in [6.45, 7) is 2.93. The van der Waals surface area contributed by atoms with Crippen molar-refractivity contribution in [3.63, 3.8) is 0 Å². The quantitative estimate of drug-likeness (QED) is 0.705. The monoisotopic (exact) mass is 369 g/mol. The van der Waals surface area contributed by atoms with Gasteiger partial charge >= 0.3 is 0 Å². The zero-order chi connectivity index (χ0) is 15.2. The molecule has 21 heavy (non-hydrogen) atoms. The molecule has 0 aromatic heterocycles. The lowest BCUT2D eigenvalue weighted by molar-refractivity contribution is 0.497. The second-order valence-electron chi connectivity index (χ2n) is 5.01. The molecule has 0 bridgehead atoms. The van der Waals surface area contributed by atoms with E-state index < -0.39 is 0 Å². The fourth-order valence-electron chi connectivity index (χ4n) is 2.29. The molecule has 2 rings (SSSR count). The summed E-state index contributed by atoms with van der Waals surface area (Å²) in [4.78, 5) is 0. The second-order valence-corrected chi connectivity index (χ2v) is 6.36. The van der Waals surface area contributed by atoms with E-state index in [1.165, 1.54) is 6.07 Å². The van der Waals surface area contributed by atoms with E-state index in [4.69, 9.17) is 11.6 Å². The third-order valence-corrected chi connectivity index (χ3v) is 4.03. The Hall–Kier alpha value is -0.900. The maximum Gasteiger partial charge on any atom is 0.128 e. The number of nitrogens with one attached hydrogen (secondary N) is 1. The molecule has 0 fully saturated rings. The molecule has 2 aromatic rings. The van der Waals surface area contributed by atoms with Crippen LogP contribution in [-0.2, 0) is 6.42 Å². The van der Waals surface area contributed by atoms with Crippen LogP contribution < -0.4 is 5.32 Å². The van der Waals surface area contributed by atoms with Crippen LogP contribution in [0.4, 0.5) is 4.39 Å². The normalized spacial score (nSPS) is 12.4. The van der Waals surface area contributed by atoms with Crippen molar-refractivity contribution in [1.29, 1.82) is 0 Å². The second kappa shape index (κ2) is 7.92. The van der Waals surface area contributed by atoms with Gasteiger partial charge in [-0.2, -0.15) is 0 Å². The van der Waals surface area contributed by atoms with E-state index >= 15 is 0 Å². The third kappa shape index (κ3) is 4.80. The van der Waals surface area contributed by atoms with Crippen molar-refractivity contribution in [2.24, 2.45) is 0 Å². The first-order valence-corrected chi connectivity index (χ1v) is 8.20. The topological polar surface area (TPSA) is 12.0 Å². The molecule has 0 aliphatic heterocycles. The summed E-state index contributed by atoms with van der Waals surface area (Å²) in [6.07, 6.45) is 1.72. The van der Waals surface area contributed by atoms with Crippen molar-refractivity contribution < 1.29 is 4.39 Å². The first kappa shape index (κ1) is 16.5. The fourth-order valence-corrected chi connectivity index (χ4v) is 2.92. The Kier molecular flexibility index (Phi) is 6.22. The zero-order valence-corrected chi connectivity index (χ0v) is 14.2. The summed E-state index contributed by atoms with van der Waals surface area (Å²) < 4.78 is 15.1. The first-order valence-electron chi connectivity index (χ1n) is 7.03. The van der Waals surface area contributed by atoms with Crippen molar-refractivity contribution in [2.75, 3.05) is 6.54 Å². The number of hydrogen-bond donors (Lipinski definition) is 1. The number of benzene rings is 2. The molecule has 1 nitrogen and oxygen atoms in total. The van der Waals surface area contributed by atoms with Gasteiger partial charge in [-0.25, -0.2) is 4.39 Å². The van der Waals surface area contributed by atoms with Gasteiger partial charge in [0.2, 0.25) is 0 Å². The van der Waals surface area contributed by atoms with E-state index in [1.54, 1.807) is 12.1 Å². The predicted octanol–water partition coefficient (Wildman–Crippen LogP) is 5.53. The van der Waals surface area contributed by atoms with Crippen LogP contribution in [0.5, 0.6) is 0 Å². The van der Waals surface area contributed by atoms with Crippen LogP contribution in [0.15, 0.2) is 46.9 Å². The minimum absolute atomic E-state index is 0.0852. The summed E-state index contributed by atoms with van der Waals surface area (Å²) in [5.74, 6) is -0.219. The smallest absolute Gasteiger partial charge is 0.128 e. The van der Waals surface area contributed by atoms with E-state index in [-0.39, 0.29) is 11.9 Å². The molecule has 1 unspecified atom stereocenters. The van der Waals surface area contributed by atoms with Gasteiger partial charge in [0, 0.05) is 21.1 Å². The molecule has 0 spiro atoms. The number of hydrogen-bond acceptors (Lipinski definition) is 1. The highest BCUT2D eigenvalue weighted by molar-refractivity contribution is 9.10. The molecule has 0 saturated carbocycles. The lowest BCUT2D eigenvalue weighted by atomic mass is 9.98. The molecule has 0 heterocycles. The molecule has 0 aliphatic carbocycles. The van der Waals surface area contributed by atoms with Crippen LogP contribution in [-0.4, -0.2) is 6.54 Å². The van der Waals surface area contributed by atoms with Gasteiger partial charge in [-0.15, -0.1) is 0 Å². The zero-order valence-electron chi connectivity index (χ0n) is 11.9. The Labute approximate surface area is 138 Å². The van der Waals surface area contributed by atoms with Crippen molar-refractivity contribution in [3.8, 4) is 0 Å². The summed E-state index contributed by atoms with van der Waals surface area (Å²) in [7, 11) is 0. The molecule has 4 heteroatoms. The molecular weight excluding hydrogens is 353 g/mol. The minimum atomic E-state index is -0.219. The molecule has 0 saturated heterocycles. The Bertz CT molecular complexity index is 603. The summed E-state index contributed by atoms with van der Waals surface area (Å²) >= 11 is 9.49. The molecule has 112 valence electrons. The van der Waals surface area contributed by atoms with Gasteiger partial charge in [0.15, 0.2) is 0 Å². The molecule has 2 aromatic carbocycles. The molecule has 0 amide bonds. The van der Waals surface area contributed by atoms with Crippen LogP contribution in [0.25, 0.3) is 0 Å². The van der Waals surface area contributed by atoms with Crippen LogP contribution >= 0.6 is 27.5 Å². The van der Waals surface area contributed by atoms with Gasteiger partial charge in [0.05, 0.1) is 0 Å². The summed E-state index contributed by atoms with van der Waals surface area (Å²) in [5.41, 5.74) is 1.77. The third-order valence-electron chi connectivity index (χ3n) is 3.30. The first-order chi connectivity index (χ1) is 10.1. The van der Waals surface area contributed by atoms with Gasteiger partial charge in [0.25, 0.3) is 0 Å². The molecular formula is C17H18BrClFN.